The van der Waals surface area contributed by atoms with Crippen LogP contribution in [-0.4, -0.2) is 12.5 Å². The minimum atomic E-state index is -0.351. The van der Waals surface area contributed by atoms with Crippen LogP contribution in [0.2, 0.25) is 10.0 Å². The van der Waals surface area contributed by atoms with Gasteiger partial charge in [-0.15, -0.1) is 0 Å². The molecular weight excluding hydrogens is 311 g/mol. The van der Waals surface area contributed by atoms with E-state index in [9.17, 15) is 4.79 Å². The van der Waals surface area contributed by atoms with Gasteiger partial charge in [0, 0.05) is 5.69 Å². The highest BCUT2D eigenvalue weighted by Crippen LogP contribution is 2.32. The van der Waals surface area contributed by atoms with Crippen molar-refractivity contribution in [3.63, 3.8) is 0 Å². The van der Waals surface area contributed by atoms with Crippen molar-refractivity contribution in [3.05, 3.63) is 58.1 Å². The van der Waals surface area contributed by atoms with Gasteiger partial charge in [0.25, 0.3) is 5.91 Å². The molecule has 2 rings (SSSR count). The van der Waals surface area contributed by atoms with E-state index in [2.05, 4.69) is 5.32 Å². The number of rotatable bonds is 4. The van der Waals surface area contributed by atoms with Crippen molar-refractivity contribution in [1.82, 2.24) is 0 Å². The lowest BCUT2D eigenvalue weighted by atomic mass is 10.2. The molecule has 2 aromatic carbocycles. The van der Waals surface area contributed by atoms with Crippen LogP contribution in [0, 0.1) is 11.3 Å². The number of nitrogens with zero attached hydrogens (tertiary/aromatic N) is 1. The number of halogens is 2. The molecule has 0 radical (unpaired) electrons. The van der Waals surface area contributed by atoms with Crippen LogP contribution in [0.3, 0.4) is 0 Å². The van der Waals surface area contributed by atoms with Gasteiger partial charge in [-0.3, -0.25) is 4.79 Å². The third-order valence-corrected chi connectivity index (χ3v) is 3.16. The zero-order valence-corrected chi connectivity index (χ0v) is 12.3. The predicted octanol–water partition coefficient (Wildman–Crippen LogP) is 3.88. The van der Waals surface area contributed by atoms with Crippen molar-refractivity contribution in [3.8, 4) is 11.8 Å². The average Bonchev–Trinajstić information content (AvgIpc) is 2.47. The molecule has 0 aliphatic heterocycles. The molecule has 0 bridgehead atoms. The highest BCUT2D eigenvalue weighted by atomic mass is 35.5. The molecule has 0 saturated carbocycles. The monoisotopic (exact) mass is 320 g/mol. The van der Waals surface area contributed by atoms with Crippen LogP contribution in [-0.2, 0) is 4.79 Å². The first-order valence-corrected chi connectivity index (χ1v) is 6.72. The second kappa shape index (κ2) is 6.98. The fourth-order valence-electron chi connectivity index (χ4n) is 1.58. The van der Waals surface area contributed by atoms with Crippen LogP contribution in [0.25, 0.3) is 0 Å². The smallest absolute Gasteiger partial charge is 0.262 e. The van der Waals surface area contributed by atoms with Gasteiger partial charge in [0.1, 0.15) is 0 Å². The highest BCUT2D eigenvalue weighted by molar-refractivity contribution is 6.37. The number of anilines is 1. The summed E-state index contributed by atoms with van der Waals surface area (Å²) in [7, 11) is 0. The molecular formula is C15H10Cl2N2O2. The van der Waals surface area contributed by atoms with Crippen molar-refractivity contribution < 1.29 is 9.53 Å². The Morgan fingerprint density at radius 1 is 1.14 bits per heavy atom. The number of nitriles is 1. The van der Waals surface area contributed by atoms with Crippen molar-refractivity contribution in [1.29, 1.82) is 5.26 Å². The van der Waals surface area contributed by atoms with E-state index in [-0.39, 0.29) is 18.3 Å². The summed E-state index contributed by atoms with van der Waals surface area (Å²) in [6, 6.07) is 13.4. The Labute approximate surface area is 131 Å². The highest BCUT2D eigenvalue weighted by Gasteiger charge is 2.09. The Morgan fingerprint density at radius 3 is 2.33 bits per heavy atom. The first-order valence-electron chi connectivity index (χ1n) is 5.97. The molecule has 0 aliphatic rings. The summed E-state index contributed by atoms with van der Waals surface area (Å²) in [4.78, 5) is 11.8. The summed E-state index contributed by atoms with van der Waals surface area (Å²) in [5.41, 5.74) is 1.10. The van der Waals surface area contributed by atoms with Crippen LogP contribution in [0.1, 0.15) is 5.56 Å². The maximum Gasteiger partial charge on any atom is 0.262 e. The molecule has 21 heavy (non-hydrogen) atoms. The maximum absolute atomic E-state index is 11.8. The van der Waals surface area contributed by atoms with Crippen LogP contribution in [0.4, 0.5) is 5.69 Å². The van der Waals surface area contributed by atoms with Crippen LogP contribution < -0.4 is 10.1 Å². The third-order valence-electron chi connectivity index (χ3n) is 2.56. The van der Waals surface area contributed by atoms with Crippen molar-refractivity contribution in [2.24, 2.45) is 0 Å². The van der Waals surface area contributed by atoms with Gasteiger partial charge >= 0.3 is 0 Å². The van der Waals surface area contributed by atoms with Crippen LogP contribution >= 0.6 is 23.2 Å². The standard InChI is InChI=1S/C15H10Cl2N2O2/c16-12-2-1-3-13(17)15(12)21-9-14(20)19-11-6-4-10(8-18)5-7-11/h1-7H,9H2,(H,19,20). The van der Waals surface area contributed by atoms with E-state index in [1.807, 2.05) is 6.07 Å². The van der Waals surface area contributed by atoms with Gasteiger partial charge in [0.15, 0.2) is 12.4 Å². The van der Waals surface area contributed by atoms with E-state index >= 15 is 0 Å². The van der Waals surface area contributed by atoms with E-state index < -0.39 is 0 Å². The fraction of sp³-hybridized carbons (Fsp3) is 0.0667. The molecule has 6 heteroatoms. The first kappa shape index (κ1) is 15.2. The molecule has 4 nitrogen and oxygen atoms in total. The molecule has 106 valence electrons. The van der Waals surface area contributed by atoms with Gasteiger partial charge in [-0.05, 0) is 36.4 Å². The Kier molecular flexibility index (Phi) is 5.04. The van der Waals surface area contributed by atoms with Gasteiger partial charge in [-0.2, -0.15) is 5.26 Å². The van der Waals surface area contributed by atoms with Gasteiger partial charge in [-0.25, -0.2) is 0 Å². The maximum atomic E-state index is 11.8. The molecule has 0 saturated heterocycles. The predicted molar refractivity (Wildman–Crippen MR) is 81.7 cm³/mol. The number of amides is 1. The number of benzene rings is 2. The molecule has 0 aliphatic carbocycles. The number of ether oxygens (including phenoxy) is 1. The summed E-state index contributed by atoms with van der Waals surface area (Å²) in [6.45, 7) is -0.219. The molecule has 0 atom stereocenters. The second-order valence-corrected chi connectivity index (χ2v) is 4.89. The van der Waals surface area contributed by atoms with Gasteiger partial charge in [0.05, 0.1) is 21.7 Å². The molecule has 1 amide bonds. The molecule has 0 spiro atoms. The first-order chi connectivity index (χ1) is 10.1. The van der Waals surface area contributed by atoms with Crippen LogP contribution in [0.15, 0.2) is 42.5 Å². The third kappa shape index (κ3) is 4.12. The molecule has 2 aromatic rings. The van der Waals surface area contributed by atoms with E-state index in [4.69, 9.17) is 33.2 Å². The zero-order chi connectivity index (χ0) is 15.2. The normalized spacial score (nSPS) is 9.76. The second-order valence-electron chi connectivity index (χ2n) is 4.08. The zero-order valence-electron chi connectivity index (χ0n) is 10.8. The van der Waals surface area contributed by atoms with Gasteiger partial charge < -0.3 is 10.1 Å². The topological polar surface area (TPSA) is 62.1 Å². The molecule has 0 fully saturated rings. The van der Waals surface area contributed by atoms with Crippen molar-refractivity contribution in [2.45, 2.75) is 0 Å². The number of nitrogens with one attached hydrogen (secondary N) is 1. The summed E-state index contributed by atoms with van der Waals surface area (Å²) >= 11 is 11.9. The minimum absolute atomic E-state index is 0.219. The largest absolute Gasteiger partial charge is 0.481 e. The van der Waals surface area contributed by atoms with Crippen molar-refractivity contribution in [2.75, 3.05) is 11.9 Å². The van der Waals surface area contributed by atoms with E-state index in [0.29, 0.717) is 21.3 Å². The van der Waals surface area contributed by atoms with E-state index in [0.717, 1.165) is 0 Å². The lowest BCUT2D eigenvalue weighted by molar-refractivity contribution is -0.118. The van der Waals surface area contributed by atoms with Gasteiger partial charge in [-0.1, -0.05) is 29.3 Å². The number of hydrogen-bond acceptors (Lipinski definition) is 3. The number of carbonyl (C=O) groups is 1. The molecule has 0 heterocycles. The molecule has 0 aromatic heterocycles. The Morgan fingerprint density at radius 2 is 1.76 bits per heavy atom. The number of carbonyl (C=O) groups excluding carboxylic acids is 1. The number of para-hydroxylation sites is 1. The quantitative estimate of drug-likeness (QED) is 0.929. The van der Waals surface area contributed by atoms with E-state index in [1.54, 1.807) is 42.5 Å². The van der Waals surface area contributed by atoms with Gasteiger partial charge in [0.2, 0.25) is 0 Å². The summed E-state index contributed by atoms with van der Waals surface area (Å²) in [5.74, 6) is -0.0773. The Bertz CT molecular complexity index is 674. The SMILES string of the molecule is N#Cc1ccc(NC(=O)COc2c(Cl)cccc2Cl)cc1. The lowest BCUT2D eigenvalue weighted by Crippen LogP contribution is -2.20. The average molecular weight is 321 g/mol. The molecule has 1 N–H and O–H groups in total. The van der Waals surface area contributed by atoms with Crippen LogP contribution in [0.5, 0.6) is 5.75 Å². The van der Waals surface area contributed by atoms with Crippen molar-refractivity contribution >= 4 is 34.8 Å². The fourth-order valence-corrected chi connectivity index (χ4v) is 2.09. The lowest BCUT2D eigenvalue weighted by Gasteiger charge is -2.10. The summed E-state index contributed by atoms with van der Waals surface area (Å²) in [6.07, 6.45) is 0. The summed E-state index contributed by atoms with van der Waals surface area (Å²) < 4.78 is 5.32. The Hall–Kier alpha value is -2.22. The summed E-state index contributed by atoms with van der Waals surface area (Å²) in [5, 5.41) is 12.0. The Balaban J connectivity index is 1.94. The molecule has 0 unspecified atom stereocenters. The number of hydrogen-bond donors (Lipinski definition) is 1. The minimum Gasteiger partial charge on any atom is -0.481 e. The van der Waals surface area contributed by atoms with E-state index in [1.165, 1.54) is 0 Å².